The summed E-state index contributed by atoms with van der Waals surface area (Å²) in [4.78, 5) is 74.4. The first-order chi connectivity index (χ1) is 26.7. The molecule has 3 rings (SSSR count). The van der Waals surface area contributed by atoms with Gasteiger partial charge >= 0.3 is 30.0 Å². The first-order valence-corrected chi connectivity index (χ1v) is 17.4. The van der Waals surface area contributed by atoms with E-state index in [1.165, 1.54) is 30.3 Å². The van der Waals surface area contributed by atoms with Gasteiger partial charge in [-0.15, -0.1) is 0 Å². The number of carbonyl (C=O) groups excluding carboxylic acids is 6. The molecule has 0 spiro atoms. The van der Waals surface area contributed by atoms with Gasteiger partial charge in [-0.2, -0.15) is 4.99 Å². The van der Waals surface area contributed by atoms with E-state index in [-0.39, 0.29) is 96.0 Å². The second-order valence-corrected chi connectivity index (χ2v) is 11.6. The summed E-state index contributed by atoms with van der Waals surface area (Å²) in [6.07, 6.45) is 1.56. The van der Waals surface area contributed by atoms with E-state index in [0.717, 1.165) is 0 Å². The Morgan fingerprint density at radius 2 is 1.09 bits per heavy atom. The van der Waals surface area contributed by atoms with Gasteiger partial charge in [0.15, 0.2) is 0 Å². The van der Waals surface area contributed by atoms with Crippen LogP contribution in [0.25, 0.3) is 0 Å². The maximum atomic E-state index is 12.3. The lowest BCUT2D eigenvalue weighted by atomic mass is 10.1. The van der Waals surface area contributed by atoms with Crippen LogP contribution in [-0.4, -0.2) is 107 Å². The molecule has 294 valence electrons. The molecule has 1 amide bonds. The number of aliphatic hydroxyl groups excluding tert-OH is 1. The van der Waals surface area contributed by atoms with Gasteiger partial charge in [0.2, 0.25) is 6.08 Å². The first-order valence-electron chi connectivity index (χ1n) is 17.4. The van der Waals surface area contributed by atoms with E-state index in [2.05, 4.69) is 10.3 Å². The molecule has 0 aromatic heterocycles. The molecule has 3 aromatic carbocycles. The Morgan fingerprint density at radius 1 is 0.636 bits per heavy atom. The SMILES string of the molecule is CCC(CO)COC(=O)Nc1ccc(CC(=O)OCCOCCOC(=O)c2ccc(C(=O)OCCOCCOC(=O)Cc3ccc(N=C=O)cc3)cc2)cc1. The van der Waals surface area contributed by atoms with Gasteiger partial charge in [-0.25, -0.2) is 19.2 Å². The Hall–Kier alpha value is -5.93. The van der Waals surface area contributed by atoms with Crippen LogP contribution in [0.5, 0.6) is 0 Å². The summed E-state index contributed by atoms with van der Waals surface area (Å²) in [5, 5.41) is 11.8. The molecule has 0 fully saturated rings. The maximum absolute atomic E-state index is 12.3. The van der Waals surface area contributed by atoms with Gasteiger partial charge in [0.1, 0.15) is 26.4 Å². The summed E-state index contributed by atoms with van der Waals surface area (Å²) in [6, 6.07) is 18.8. The monoisotopic (exact) mass is 764 g/mol. The second-order valence-electron chi connectivity index (χ2n) is 11.6. The number of nitrogens with zero attached hydrogens (tertiary/aromatic N) is 1. The van der Waals surface area contributed by atoms with Crippen LogP contribution >= 0.6 is 0 Å². The number of nitrogens with one attached hydrogen (secondary N) is 1. The highest BCUT2D eigenvalue weighted by atomic mass is 16.6. The number of isocyanates is 1. The fraction of sp³-hybridized carbons (Fsp3) is 0.385. The standard InChI is InChI=1S/C39H44N2O14/c1-2-28(25-42)26-55-39(48)41-34-13-5-30(6-14-34)24-36(45)52-20-16-50-18-22-54-38(47)32-9-7-31(8-10-32)37(46)53-21-17-49-15-19-51-35(44)23-29-3-11-33(12-4-29)40-27-43/h3-14,28,42H,2,15-26H2,1H3,(H,41,48). The van der Waals surface area contributed by atoms with Gasteiger partial charge < -0.3 is 38.3 Å². The average Bonchev–Trinajstić information content (AvgIpc) is 3.19. The topological polar surface area (TPSA) is 212 Å². The van der Waals surface area contributed by atoms with E-state index in [9.17, 15) is 33.9 Å². The molecular formula is C39H44N2O14. The number of benzene rings is 3. The smallest absolute Gasteiger partial charge is 0.411 e. The number of amides is 1. The zero-order valence-electron chi connectivity index (χ0n) is 30.4. The molecule has 0 aliphatic rings. The van der Waals surface area contributed by atoms with E-state index >= 15 is 0 Å². The zero-order valence-corrected chi connectivity index (χ0v) is 30.4. The third kappa shape index (κ3) is 17.6. The molecule has 3 aromatic rings. The highest BCUT2D eigenvalue weighted by molar-refractivity contribution is 5.93. The van der Waals surface area contributed by atoms with Gasteiger partial charge in [0.25, 0.3) is 0 Å². The van der Waals surface area contributed by atoms with Crippen molar-refractivity contribution in [3.05, 3.63) is 95.1 Å². The third-order valence-corrected chi connectivity index (χ3v) is 7.55. The minimum absolute atomic E-state index is 0.00298. The quantitative estimate of drug-likeness (QED) is 0.0432. The molecule has 55 heavy (non-hydrogen) atoms. The average molecular weight is 765 g/mol. The number of hydrogen-bond donors (Lipinski definition) is 2. The highest BCUT2D eigenvalue weighted by Gasteiger charge is 2.13. The minimum atomic E-state index is -0.634. The van der Waals surface area contributed by atoms with Crippen molar-refractivity contribution in [2.75, 3.05) is 71.4 Å². The predicted octanol–water partition coefficient (Wildman–Crippen LogP) is 4.14. The molecule has 1 atom stereocenters. The predicted molar refractivity (Wildman–Crippen MR) is 194 cm³/mol. The molecule has 0 radical (unpaired) electrons. The minimum Gasteiger partial charge on any atom is -0.463 e. The first kappa shape index (κ1) is 43.5. The molecule has 1 unspecified atom stereocenters. The summed E-state index contributed by atoms with van der Waals surface area (Å²) in [7, 11) is 0. The number of rotatable bonds is 24. The maximum Gasteiger partial charge on any atom is 0.411 e. The normalized spacial score (nSPS) is 11.0. The molecule has 16 nitrogen and oxygen atoms in total. The van der Waals surface area contributed by atoms with Crippen LogP contribution < -0.4 is 5.32 Å². The van der Waals surface area contributed by atoms with Crippen molar-refractivity contribution >= 4 is 47.4 Å². The van der Waals surface area contributed by atoms with E-state index in [1.54, 1.807) is 48.5 Å². The summed E-state index contributed by atoms with van der Waals surface area (Å²) < 4.78 is 36.4. The Balaban J connectivity index is 1.18. The van der Waals surface area contributed by atoms with Crippen LogP contribution in [0.15, 0.2) is 77.8 Å². The van der Waals surface area contributed by atoms with Crippen molar-refractivity contribution in [2.45, 2.75) is 26.2 Å². The third-order valence-electron chi connectivity index (χ3n) is 7.55. The Bertz CT molecular complexity index is 1700. The van der Waals surface area contributed by atoms with Gasteiger partial charge in [-0.05, 0) is 66.1 Å². The lowest BCUT2D eigenvalue weighted by molar-refractivity contribution is -0.145. The molecule has 0 saturated carbocycles. The highest BCUT2D eigenvalue weighted by Crippen LogP contribution is 2.14. The van der Waals surface area contributed by atoms with Crippen LogP contribution in [0.1, 0.15) is 45.2 Å². The van der Waals surface area contributed by atoms with E-state index in [0.29, 0.717) is 28.9 Å². The van der Waals surface area contributed by atoms with Gasteiger partial charge in [-0.1, -0.05) is 31.2 Å². The second kappa shape index (κ2) is 25.2. The van der Waals surface area contributed by atoms with Crippen LogP contribution in [0.3, 0.4) is 0 Å². The summed E-state index contributed by atoms with van der Waals surface area (Å²) in [5.41, 5.74) is 2.75. The number of hydrogen-bond acceptors (Lipinski definition) is 15. The van der Waals surface area contributed by atoms with Crippen molar-refractivity contribution in [3.8, 4) is 0 Å². The number of ether oxygens (including phenoxy) is 7. The van der Waals surface area contributed by atoms with Crippen LogP contribution in [0, 0.1) is 5.92 Å². The van der Waals surface area contributed by atoms with Crippen molar-refractivity contribution in [1.82, 2.24) is 0 Å². The van der Waals surface area contributed by atoms with Gasteiger partial charge in [-0.3, -0.25) is 14.9 Å². The molecule has 2 N–H and O–H groups in total. The summed E-state index contributed by atoms with van der Waals surface area (Å²) in [5.74, 6) is -2.26. The van der Waals surface area contributed by atoms with E-state index in [4.69, 9.17) is 33.2 Å². The van der Waals surface area contributed by atoms with Crippen molar-refractivity contribution < 1.29 is 67.0 Å². The molecule has 0 bridgehead atoms. The Morgan fingerprint density at radius 3 is 1.53 bits per heavy atom. The number of carbonyl (C=O) groups is 5. The molecular weight excluding hydrogens is 720 g/mol. The van der Waals surface area contributed by atoms with Crippen molar-refractivity contribution in [1.29, 1.82) is 0 Å². The van der Waals surface area contributed by atoms with Crippen molar-refractivity contribution in [2.24, 2.45) is 10.9 Å². The number of aliphatic hydroxyl groups is 1. The fourth-order valence-corrected chi connectivity index (χ4v) is 4.46. The fourth-order valence-electron chi connectivity index (χ4n) is 4.46. The van der Waals surface area contributed by atoms with Crippen LogP contribution in [0.4, 0.5) is 16.2 Å². The number of anilines is 1. The van der Waals surface area contributed by atoms with Crippen LogP contribution in [0.2, 0.25) is 0 Å². The summed E-state index contributed by atoms with van der Waals surface area (Å²) >= 11 is 0. The number of aliphatic imine (C=N–C) groups is 1. The van der Waals surface area contributed by atoms with E-state index in [1.807, 2.05) is 6.92 Å². The van der Waals surface area contributed by atoms with E-state index < -0.39 is 30.0 Å². The largest absolute Gasteiger partial charge is 0.463 e. The Kier molecular flexibility index (Phi) is 19.9. The van der Waals surface area contributed by atoms with Crippen LogP contribution in [-0.2, 0) is 60.4 Å². The molecule has 16 heteroatoms. The molecule has 0 aliphatic carbocycles. The lowest BCUT2D eigenvalue weighted by Crippen LogP contribution is -2.20. The molecule has 0 saturated heterocycles. The Labute approximate surface area is 317 Å². The zero-order chi connectivity index (χ0) is 39.7. The van der Waals surface area contributed by atoms with Gasteiger partial charge in [0, 0.05) is 18.2 Å². The number of esters is 4. The molecule has 0 heterocycles. The van der Waals surface area contributed by atoms with Crippen molar-refractivity contribution in [3.63, 3.8) is 0 Å². The summed E-state index contributed by atoms with van der Waals surface area (Å²) in [6.45, 7) is 2.24. The molecule has 0 aliphatic heterocycles. The van der Waals surface area contributed by atoms with Gasteiger partial charge in [0.05, 0.1) is 62.7 Å². The lowest BCUT2D eigenvalue weighted by Gasteiger charge is -2.12.